The van der Waals surface area contributed by atoms with Gasteiger partial charge < -0.3 is 9.26 Å². The zero-order valence-corrected chi connectivity index (χ0v) is 11.7. The first kappa shape index (κ1) is 14.4. The van der Waals surface area contributed by atoms with E-state index in [0.717, 1.165) is 5.69 Å². The van der Waals surface area contributed by atoms with Gasteiger partial charge in [0.1, 0.15) is 17.5 Å². The molecule has 1 fully saturated rings. The second kappa shape index (κ2) is 5.56. The topological polar surface area (TPSA) is 86.5 Å². The molecule has 6 heteroatoms. The molecule has 0 aliphatic heterocycles. The summed E-state index contributed by atoms with van der Waals surface area (Å²) in [5.74, 6) is -2.27. The van der Waals surface area contributed by atoms with Crippen molar-refractivity contribution in [2.24, 2.45) is 5.92 Å². The lowest BCUT2D eigenvalue weighted by atomic mass is 9.76. The largest absolute Gasteiger partial charge is 0.468 e. The fraction of sp³-hybridized carbons (Fsp3) is 0.571. The van der Waals surface area contributed by atoms with Gasteiger partial charge >= 0.3 is 5.97 Å². The molecule has 0 bridgehead atoms. The van der Waals surface area contributed by atoms with E-state index in [1.165, 1.54) is 7.11 Å². The number of carbonyl (C=O) groups excluding carboxylic acids is 3. The molecule has 0 spiro atoms. The molecule has 2 rings (SSSR count). The number of aromatic nitrogens is 1. The normalized spacial score (nSPS) is 23.2. The summed E-state index contributed by atoms with van der Waals surface area (Å²) in [6.45, 7) is 3.91. The third kappa shape index (κ3) is 2.64. The van der Waals surface area contributed by atoms with Crippen LogP contribution in [-0.2, 0) is 19.1 Å². The van der Waals surface area contributed by atoms with Crippen molar-refractivity contribution in [3.63, 3.8) is 0 Å². The third-order valence-corrected chi connectivity index (χ3v) is 3.53. The second-order valence-corrected chi connectivity index (χ2v) is 5.30. The summed E-state index contributed by atoms with van der Waals surface area (Å²) < 4.78 is 9.89. The maximum absolute atomic E-state index is 11.9. The lowest BCUT2D eigenvalue weighted by molar-refractivity contribution is -0.152. The Morgan fingerprint density at radius 2 is 2.15 bits per heavy atom. The molecule has 2 atom stereocenters. The number of esters is 1. The average Bonchev–Trinajstić information content (AvgIpc) is 2.86. The van der Waals surface area contributed by atoms with Gasteiger partial charge in [0.05, 0.1) is 19.2 Å². The summed E-state index contributed by atoms with van der Waals surface area (Å²) in [5, 5.41) is 3.91. The Balaban J connectivity index is 2.35. The number of nitrogens with zero attached hydrogens (tertiary/aromatic N) is 1. The van der Waals surface area contributed by atoms with E-state index in [9.17, 15) is 14.4 Å². The molecule has 1 aromatic rings. The van der Waals surface area contributed by atoms with E-state index in [1.807, 2.05) is 13.8 Å². The SMILES string of the molecule is COC(=O)C1C(=O)CC(=O)CC1c1cc(C(C)C)no1. The first-order chi connectivity index (χ1) is 9.43. The quantitative estimate of drug-likeness (QED) is 0.617. The van der Waals surface area contributed by atoms with E-state index in [2.05, 4.69) is 9.89 Å². The molecule has 1 aliphatic carbocycles. The van der Waals surface area contributed by atoms with Gasteiger partial charge in [-0.3, -0.25) is 14.4 Å². The highest BCUT2D eigenvalue weighted by Crippen LogP contribution is 2.36. The lowest BCUT2D eigenvalue weighted by Gasteiger charge is -2.25. The molecule has 0 N–H and O–H groups in total. The number of carbonyl (C=O) groups is 3. The number of hydrogen-bond acceptors (Lipinski definition) is 6. The summed E-state index contributed by atoms with van der Waals surface area (Å²) in [5.41, 5.74) is 0.731. The fourth-order valence-electron chi connectivity index (χ4n) is 2.40. The van der Waals surface area contributed by atoms with E-state index in [4.69, 9.17) is 4.52 Å². The second-order valence-electron chi connectivity index (χ2n) is 5.30. The Hall–Kier alpha value is -1.98. The molecule has 6 nitrogen and oxygen atoms in total. The summed E-state index contributed by atoms with van der Waals surface area (Å²) in [4.78, 5) is 35.4. The molecule has 1 heterocycles. The summed E-state index contributed by atoms with van der Waals surface area (Å²) in [7, 11) is 1.23. The van der Waals surface area contributed by atoms with Crippen LogP contribution in [0.3, 0.4) is 0 Å². The van der Waals surface area contributed by atoms with Crippen LogP contribution in [-0.4, -0.2) is 29.8 Å². The molecule has 1 aromatic heterocycles. The summed E-state index contributed by atoms with van der Waals surface area (Å²) in [6.07, 6.45) is -0.125. The minimum absolute atomic E-state index is 0.0955. The Kier molecular flexibility index (Phi) is 4.01. The summed E-state index contributed by atoms with van der Waals surface area (Å²) in [6, 6.07) is 1.71. The van der Waals surface area contributed by atoms with Gasteiger partial charge in [0, 0.05) is 18.4 Å². The predicted octanol–water partition coefficient (Wildman–Crippen LogP) is 1.60. The Morgan fingerprint density at radius 3 is 2.70 bits per heavy atom. The summed E-state index contributed by atoms with van der Waals surface area (Å²) >= 11 is 0. The van der Waals surface area contributed by atoms with Gasteiger partial charge in [0.25, 0.3) is 0 Å². The van der Waals surface area contributed by atoms with E-state index in [1.54, 1.807) is 6.07 Å². The molecular formula is C14H17NO5. The molecule has 1 saturated carbocycles. The molecule has 1 aliphatic rings. The van der Waals surface area contributed by atoms with Crippen molar-refractivity contribution in [1.82, 2.24) is 5.16 Å². The smallest absolute Gasteiger partial charge is 0.316 e. The van der Waals surface area contributed by atoms with Crippen LogP contribution in [0.5, 0.6) is 0 Å². The van der Waals surface area contributed by atoms with Gasteiger partial charge in [-0.2, -0.15) is 0 Å². The number of ether oxygens (including phenoxy) is 1. The lowest BCUT2D eigenvalue weighted by Crippen LogP contribution is -2.37. The van der Waals surface area contributed by atoms with Crippen molar-refractivity contribution in [3.05, 3.63) is 17.5 Å². The van der Waals surface area contributed by atoms with Gasteiger partial charge in [0.2, 0.25) is 0 Å². The van der Waals surface area contributed by atoms with Gasteiger partial charge in [-0.15, -0.1) is 0 Å². The first-order valence-electron chi connectivity index (χ1n) is 6.52. The maximum Gasteiger partial charge on any atom is 0.316 e. The molecule has 0 radical (unpaired) electrons. The highest BCUT2D eigenvalue weighted by molar-refractivity contribution is 6.11. The first-order valence-corrected chi connectivity index (χ1v) is 6.52. The Labute approximate surface area is 116 Å². The third-order valence-electron chi connectivity index (χ3n) is 3.53. The molecular weight excluding hydrogens is 262 g/mol. The molecule has 20 heavy (non-hydrogen) atoms. The van der Waals surface area contributed by atoms with E-state index >= 15 is 0 Å². The minimum Gasteiger partial charge on any atom is -0.468 e. The van der Waals surface area contributed by atoms with Gasteiger partial charge in [0.15, 0.2) is 5.78 Å². The molecule has 2 unspecified atom stereocenters. The minimum atomic E-state index is -0.981. The monoisotopic (exact) mass is 279 g/mol. The van der Waals surface area contributed by atoms with Crippen LogP contribution in [0.4, 0.5) is 0 Å². The van der Waals surface area contributed by atoms with Crippen molar-refractivity contribution in [2.75, 3.05) is 7.11 Å². The van der Waals surface area contributed by atoms with Crippen molar-refractivity contribution < 1.29 is 23.6 Å². The number of ketones is 2. The number of methoxy groups -OCH3 is 1. The van der Waals surface area contributed by atoms with Crippen LogP contribution >= 0.6 is 0 Å². The van der Waals surface area contributed by atoms with Crippen LogP contribution < -0.4 is 0 Å². The highest BCUT2D eigenvalue weighted by atomic mass is 16.5. The Morgan fingerprint density at radius 1 is 1.45 bits per heavy atom. The fourth-order valence-corrected chi connectivity index (χ4v) is 2.40. The standard InChI is InChI=1S/C14H17NO5/c1-7(2)10-6-12(20-15-10)9-4-8(16)5-11(17)13(9)14(18)19-3/h6-7,9,13H,4-5H2,1-3H3. The van der Waals surface area contributed by atoms with Crippen molar-refractivity contribution >= 4 is 17.5 Å². The van der Waals surface area contributed by atoms with Crippen molar-refractivity contribution in [3.8, 4) is 0 Å². The van der Waals surface area contributed by atoms with Crippen LogP contribution in [0.25, 0.3) is 0 Å². The van der Waals surface area contributed by atoms with E-state index in [0.29, 0.717) is 5.76 Å². The van der Waals surface area contributed by atoms with E-state index < -0.39 is 23.6 Å². The zero-order valence-electron chi connectivity index (χ0n) is 11.7. The number of Topliss-reactive ketones (excluding diaryl/α,β-unsaturated/α-hetero) is 2. The Bertz CT molecular complexity index is 546. The molecule has 0 amide bonds. The zero-order chi connectivity index (χ0) is 14.9. The van der Waals surface area contributed by atoms with Gasteiger partial charge in [-0.25, -0.2) is 0 Å². The number of rotatable bonds is 3. The molecule has 108 valence electrons. The molecule has 0 aromatic carbocycles. The van der Waals surface area contributed by atoms with E-state index in [-0.39, 0.29) is 24.5 Å². The average molecular weight is 279 g/mol. The highest BCUT2D eigenvalue weighted by Gasteiger charge is 2.44. The predicted molar refractivity (Wildman–Crippen MR) is 68.1 cm³/mol. The van der Waals surface area contributed by atoms with Crippen molar-refractivity contribution in [2.45, 2.75) is 38.5 Å². The van der Waals surface area contributed by atoms with Crippen LogP contribution in [0.2, 0.25) is 0 Å². The van der Waals surface area contributed by atoms with Crippen LogP contribution in [0.1, 0.15) is 50.0 Å². The van der Waals surface area contributed by atoms with Gasteiger partial charge in [-0.05, 0) is 5.92 Å². The number of hydrogen-bond donors (Lipinski definition) is 0. The van der Waals surface area contributed by atoms with Crippen molar-refractivity contribution in [1.29, 1.82) is 0 Å². The molecule has 0 saturated heterocycles. The van der Waals surface area contributed by atoms with Gasteiger partial charge in [-0.1, -0.05) is 19.0 Å². The van der Waals surface area contributed by atoms with Crippen LogP contribution in [0.15, 0.2) is 10.6 Å². The maximum atomic E-state index is 11.9. The van der Waals surface area contributed by atoms with Crippen LogP contribution in [0, 0.1) is 5.92 Å².